The van der Waals surface area contributed by atoms with Crippen molar-refractivity contribution in [1.29, 1.82) is 0 Å². The second-order valence-corrected chi connectivity index (χ2v) is 4.80. The van der Waals surface area contributed by atoms with Crippen LogP contribution in [0.5, 0.6) is 0 Å². The number of nitrogens with one attached hydrogen (secondary N) is 2. The molecule has 0 spiro atoms. The third-order valence-electron chi connectivity index (χ3n) is 3.29. The third-order valence-corrected chi connectivity index (χ3v) is 3.29. The molecule has 1 saturated carbocycles. The Labute approximate surface area is 101 Å². The van der Waals surface area contributed by atoms with Crippen LogP contribution in [0.2, 0.25) is 0 Å². The summed E-state index contributed by atoms with van der Waals surface area (Å²) in [4.78, 5) is 11.7. The van der Waals surface area contributed by atoms with Gasteiger partial charge in [0.1, 0.15) is 0 Å². The predicted molar refractivity (Wildman–Crippen MR) is 63.5 cm³/mol. The molecular formula is C12H19N3O2. The molecule has 0 saturated heterocycles. The van der Waals surface area contributed by atoms with Gasteiger partial charge in [-0.15, -0.1) is 0 Å². The monoisotopic (exact) mass is 237 g/mol. The van der Waals surface area contributed by atoms with Gasteiger partial charge in [0.05, 0.1) is 18.2 Å². The Morgan fingerprint density at radius 2 is 2.29 bits per heavy atom. The van der Waals surface area contributed by atoms with Gasteiger partial charge in [-0.2, -0.15) is 5.10 Å². The number of aryl methyl sites for hydroxylation is 2. The van der Waals surface area contributed by atoms with Crippen molar-refractivity contribution in [3.05, 3.63) is 17.0 Å². The molecule has 1 aromatic heterocycles. The number of aliphatic hydroxyl groups excluding tert-OH is 1. The van der Waals surface area contributed by atoms with Crippen LogP contribution in [-0.4, -0.2) is 33.9 Å². The van der Waals surface area contributed by atoms with Crippen LogP contribution in [0.15, 0.2) is 0 Å². The van der Waals surface area contributed by atoms with Gasteiger partial charge in [-0.1, -0.05) is 0 Å². The van der Waals surface area contributed by atoms with E-state index in [2.05, 4.69) is 15.5 Å². The number of H-pyrrole nitrogens is 1. The molecule has 1 amide bonds. The summed E-state index contributed by atoms with van der Waals surface area (Å²) in [6, 6.07) is 0. The second kappa shape index (κ2) is 4.87. The van der Waals surface area contributed by atoms with Crippen LogP contribution in [-0.2, 0) is 11.2 Å². The number of amides is 1. The van der Waals surface area contributed by atoms with Crippen LogP contribution in [0, 0.1) is 19.8 Å². The maximum Gasteiger partial charge on any atom is 0.224 e. The average molecular weight is 237 g/mol. The highest BCUT2D eigenvalue weighted by molar-refractivity contribution is 5.79. The van der Waals surface area contributed by atoms with Crippen LogP contribution in [0.3, 0.4) is 0 Å². The molecule has 0 bridgehead atoms. The van der Waals surface area contributed by atoms with Gasteiger partial charge in [0, 0.05) is 17.8 Å². The van der Waals surface area contributed by atoms with Crippen molar-refractivity contribution in [2.24, 2.45) is 5.92 Å². The lowest BCUT2D eigenvalue weighted by atomic mass is 10.1. The van der Waals surface area contributed by atoms with Crippen molar-refractivity contribution >= 4 is 5.91 Å². The second-order valence-electron chi connectivity index (χ2n) is 4.80. The van der Waals surface area contributed by atoms with E-state index < -0.39 is 0 Å². The summed E-state index contributed by atoms with van der Waals surface area (Å²) in [6.07, 6.45) is 2.10. The third kappa shape index (κ3) is 3.06. The molecule has 94 valence electrons. The standard InChI is InChI=1S/C12H19N3O2/c1-7-10(8(2)15-14-7)5-12(17)13-6-11(16)9-3-4-9/h9,11,16H,3-6H2,1-2H3,(H,13,17)(H,14,15). The van der Waals surface area contributed by atoms with E-state index in [1.54, 1.807) is 0 Å². The largest absolute Gasteiger partial charge is 0.391 e. The van der Waals surface area contributed by atoms with Crippen molar-refractivity contribution in [2.45, 2.75) is 39.2 Å². The van der Waals surface area contributed by atoms with Crippen LogP contribution in [0.1, 0.15) is 29.8 Å². The Hall–Kier alpha value is -1.36. The van der Waals surface area contributed by atoms with Gasteiger partial charge in [-0.3, -0.25) is 9.89 Å². The quantitative estimate of drug-likeness (QED) is 0.696. The highest BCUT2D eigenvalue weighted by Crippen LogP contribution is 2.32. The summed E-state index contributed by atoms with van der Waals surface area (Å²) in [5.41, 5.74) is 2.74. The summed E-state index contributed by atoms with van der Waals surface area (Å²) in [6.45, 7) is 4.15. The molecule has 0 aromatic carbocycles. The van der Waals surface area contributed by atoms with Crippen molar-refractivity contribution < 1.29 is 9.90 Å². The van der Waals surface area contributed by atoms with Gasteiger partial charge in [0.25, 0.3) is 0 Å². The van der Waals surface area contributed by atoms with E-state index in [4.69, 9.17) is 0 Å². The fourth-order valence-electron chi connectivity index (χ4n) is 1.92. The van der Waals surface area contributed by atoms with Crippen LogP contribution in [0.4, 0.5) is 0 Å². The number of aliphatic hydroxyl groups is 1. The van der Waals surface area contributed by atoms with Gasteiger partial charge in [0.15, 0.2) is 0 Å². The number of carbonyl (C=O) groups excluding carboxylic acids is 1. The number of hydrogen-bond donors (Lipinski definition) is 3. The maximum atomic E-state index is 11.7. The van der Waals surface area contributed by atoms with E-state index in [0.29, 0.717) is 18.9 Å². The van der Waals surface area contributed by atoms with E-state index in [9.17, 15) is 9.90 Å². The smallest absolute Gasteiger partial charge is 0.224 e. The number of aromatic nitrogens is 2. The Morgan fingerprint density at radius 3 is 2.82 bits per heavy atom. The molecule has 1 aliphatic carbocycles. The SMILES string of the molecule is Cc1n[nH]c(C)c1CC(=O)NCC(O)C1CC1. The molecule has 1 aliphatic rings. The highest BCUT2D eigenvalue weighted by Gasteiger charge is 2.29. The average Bonchev–Trinajstić information content (AvgIpc) is 3.09. The zero-order chi connectivity index (χ0) is 12.4. The number of carbonyl (C=O) groups is 1. The molecular weight excluding hydrogens is 218 g/mol. The number of hydrogen-bond acceptors (Lipinski definition) is 3. The van der Waals surface area contributed by atoms with Gasteiger partial charge in [0.2, 0.25) is 5.91 Å². The lowest BCUT2D eigenvalue weighted by molar-refractivity contribution is -0.121. The van der Waals surface area contributed by atoms with Crippen LogP contribution in [0.25, 0.3) is 0 Å². The van der Waals surface area contributed by atoms with Crippen LogP contribution >= 0.6 is 0 Å². The molecule has 2 rings (SSSR count). The van der Waals surface area contributed by atoms with Crippen LogP contribution < -0.4 is 5.32 Å². The first-order chi connectivity index (χ1) is 8.08. The molecule has 1 unspecified atom stereocenters. The zero-order valence-corrected chi connectivity index (χ0v) is 10.3. The molecule has 1 atom stereocenters. The first-order valence-corrected chi connectivity index (χ1v) is 6.03. The van der Waals surface area contributed by atoms with E-state index in [-0.39, 0.29) is 12.0 Å². The normalized spacial score (nSPS) is 16.9. The Morgan fingerprint density at radius 1 is 1.59 bits per heavy atom. The minimum absolute atomic E-state index is 0.0581. The number of aromatic amines is 1. The first-order valence-electron chi connectivity index (χ1n) is 6.03. The van der Waals surface area contributed by atoms with Crippen molar-refractivity contribution in [3.8, 4) is 0 Å². The summed E-state index contributed by atoms with van der Waals surface area (Å²) in [5.74, 6) is 0.338. The van der Waals surface area contributed by atoms with Crippen molar-refractivity contribution in [1.82, 2.24) is 15.5 Å². The van der Waals surface area contributed by atoms with Gasteiger partial charge < -0.3 is 10.4 Å². The lowest BCUT2D eigenvalue weighted by Gasteiger charge is -2.10. The fourth-order valence-corrected chi connectivity index (χ4v) is 1.92. The van der Waals surface area contributed by atoms with Gasteiger partial charge in [-0.25, -0.2) is 0 Å². The van der Waals surface area contributed by atoms with Gasteiger partial charge >= 0.3 is 0 Å². The van der Waals surface area contributed by atoms with E-state index in [1.165, 1.54) is 0 Å². The Balaban J connectivity index is 1.80. The molecule has 0 radical (unpaired) electrons. The zero-order valence-electron chi connectivity index (χ0n) is 10.3. The van der Waals surface area contributed by atoms with Crippen molar-refractivity contribution in [2.75, 3.05) is 6.54 Å². The molecule has 17 heavy (non-hydrogen) atoms. The van der Waals surface area contributed by atoms with Gasteiger partial charge in [-0.05, 0) is 32.6 Å². The summed E-state index contributed by atoms with van der Waals surface area (Å²) < 4.78 is 0. The fraction of sp³-hybridized carbons (Fsp3) is 0.667. The lowest BCUT2D eigenvalue weighted by Crippen LogP contribution is -2.34. The molecule has 1 aromatic rings. The molecule has 0 aliphatic heterocycles. The highest BCUT2D eigenvalue weighted by atomic mass is 16.3. The minimum Gasteiger partial charge on any atom is -0.391 e. The Bertz CT molecular complexity index is 390. The topological polar surface area (TPSA) is 78.0 Å². The van der Waals surface area contributed by atoms with Crippen molar-refractivity contribution in [3.63, 3.8) is 0 Å². The summed E-state index contributed by atoms with van der Waals surface area (Å²) in [5, 5.41) is 19.3. The predicted octanol–water partition coefficient (Wildman–Crippen LogP) is 0.456. The van der Waals surface area contributed by atoms with E-state index >= 15 is 0 Å². The Kier molecular flexibility index (Phi) is 3.47. The molecule has 1 fully saturated rings. The molecule has 3 N–H and O–H groups in total. The summed E-state index contributed by atoms with van der Waals surface area (Å²) >= 11 is 0. The number of nitrogens with zero attached hydrogens (tertiary/aromatic N) is 1. The number of rotatable bonds is 5. The van der Waals surface area contributed by atoms with E-state index in [1.807, 2.05) is 13.8 Å². The van der Waals surface area contributed by atoms with E-state index in [0.717, 1.165) is 29.8 Å². The minimum atomic E-state index is -0.384. The molecule has 5 nitrogen and oxygen atoms in total. The molecule has 5 heteroatoms. The first kappa shape index (κ1) is 12.1. The maximum absolute atomic E-state index is 11.7. The summed E-state index contributed by atoms with van der Waals surface area (Å²) in [7, 11) is 0. The molecule has 1 heterocycles.